The first kappa shape index (κ1) is 21.8. The molecule has 0 atom stereocenters. The number of nitrogens with zero attached hydrogens (tertiary/aromatic N) is 3. The minimum Gasteiger partial charge on any atom is -0.494 e. The van der Waals surface area contributed by atoms with Crippen LogP contribution in [-0.4, -0.2) is 30.6 Å². The highest BCUT2D eigenvalue weighted by Crippen LogP contribution is 2.34. The highest BCUT2D eigenvalue weighted by atomic mass is 35.5. The SMILES string of the molecule is CCOc1ccc2ncc(C#N)c(N3CCC(C(=O)Nc4ccc(F)c(Cl)c4)CC3)c2c1. The first-order chi connectivity index (χ1) is 15.5. The third-order valence-electron chi connectivity index (χ3n) is 5.61. The van der Waals surface area contributed by atoms with Gasteiger partial charge in [-0.1, -0.05) is 11.6 Å². The molecule has 32 heavy (non-hydrogen) atoms. The van der Waals surface area contributed by atoms with E-state index in [9.17, 15) is 14.4 Å². The van der Waals surface area contributed by atoms with Crippen molar-refractivity contribution in [1.82, 2.24) is 4.98 Å². The van der Waals surface area contributed by atoms with Gasteiger partial charge < -0.3 is 15.0 Å². The van der Waals surface area contributed by atoms with Gasteiger partial charge in [-0.15, -0.1) is 0 Å². The lowest BCUT2D eigenvalue weighted by Gasteiger charge is -2.34. The van der Waals surface area contributed by atoms with E-state index >= 15 is 0 Å². The van der Waals surface area contributed by atoms with E-state index in [4.69, 9.17) is 16.3 Å². The maximum absolute atomic E-state index is 13.4. The summed E-state index contributed by atoms with van der Waals surface area (Å²) in [4.78, 5) is 19.3. The number of pyridine rings is 1. The maximum Gasteiger partial charge on any atom is 0.227 e. The topological polar surface area (TPSA) is 78.2 Å². The molecule has 1 amide bonds. The highest BCUT2D eigenvalue weighted by molar-refractivity contribution is 6.31. The van der Waals surface area contributed by atoms with Crippen LogP contribution in [0.3, 0.4) is 0 Å². The second-order valence-electron chi connectivity index (χ2n) is 7.62. The summed E-state index contributed by atoms with van der Waals surface area (Å²) in [5.74, 6) is -0.104. The van der Waals surface area contributed by atoms with E-state index in [0.717, 1.165) is 22.3 Å². The molecule has 1 aromatic heterocycles. The third kappa shape index (κ3) is 4.46. The van der Waals surface area contributed by atoms with Crippen LogP contribution in [0.15, 0.2) is 42.6 Å². The minimum atomic E-state index is -0.525. The van der Waals surface area contributed by atoms with Crippen molar-refractivity contribution < 1.29 is 13.9 Å². The molecule has 6 nitrogen and oxygen atoms in total. The maximum atomic E-state index is 13.4. The molecule has 0 spiro atoms. The Balaban J connectivity index is 1.52. The van der Waals surface area contributed by atoms with Crippen molar-refractivity contribution >= 4 is 39.8 Å². The van der Waals surface area contributed by atoms with Crippen LogP contribution in [0.4, 0.5) is 15.8 Å². The number of nitrogens with one attached hydrogen (secondary N) is 1. The molecule has 8 heteroatoms. The van der Waals surface area contributed by atoms with Crippen LogP contribution in [0.25, 0.3) is 10.9 Å². The summed E-state index contributed by atoms with van der Waals surface area (Å²) >= 11 is 5.80. The summed E-state index contributed by atoms with van der Waals surface area (Å²) < 4.78 is 19.0. The molecule has 2 heterocycles. The standard InChI is InChI=1S/C24H22ClFN4O2/c1-2-32-18-4-6-22-19(12-18)23(16(13-27)14-28-22)30-9-7-15(8-10-30)24(31)29-17-3-5-21(26)20(25)11-17/h3-6,11-12,14-15H,2,7-10H2,1H3,(H,29,31). The van der Waals surface area contributed by atoms with Gasteiger partial charge in [-0.05, 0) is 56.2 Å². The van der Waals surface area contributed by atoms with Crippen LogP contribution in [0, 0.1) is 23.1 Å². The van der Waals surface area contributed by atoms with Gasteiger partial charge in [-0.2, -0.15) is 5.26 Å². The number of amides is 1. The second kappa shape index (κ2) is 9.41. The Morgan fingerprint density at radius 1 is 1.31 bits per heavy atom. The molecular weight excluding hydrogens is 431 g/mol. The van der Waals surface area contributed by atoms with Gasteiger partial charge in [0.25, 0.3) is 0 Å². The zero-order chi connectivity index (χ0) is 22.7. The molecule has 0 unspecified atom stereocenters. The lowest BCUT2D eigenvalue weighted by molar-refractivity contribution is -0.120. The molecule has 1 aliphatic rings. The average Bonchev–Trinajstić information content (AvgIpc) is 2.81. The molecule has 0 radical (unpaired) electrons. The van der Waals surface area contributed by atoms with Crippen LogP contribution in [0.5, 0.6) is 5.75 Å². The molecule has 0 aliphatic carbocycles. The number of fused-ring (bicyclic) bond motifs is 1. The number of piperidine rings is 1. The molecule has 4 rings (SSSR count). The number of anilines is 2. The summed E-state index contributed by atoms with van der Waals surface area (Å²) in [5.41, 5.74) is 2.58. The fourth-order valence-corrected chi connectivity index (χ4v) is 4.20. The largest absolute Gasteiger partial charge is 0.494 e. The lowest BCUT2D eigenvalue weighted by Crippen LogP contribution is -2.38. The van der Waals surface area contributed by atoms with Crippen molar-refractivity contribution in [3.05, 3.63) is 59.0 Å². The van der Waals surface area contributed by atoms with Crippen molar-refractivity contribution in [2.45, 2.75) is 19.8 Å². The zero-order valence-electron chi connectivity index (χ0n) is 17.6. The number of ether oxygens (including phenoxy) is 1. The monoisotopic (exact) mass is 452 g/mol. The average molecular weight is 453 g/mol. The fraction of sp³-hybridized carbons (Fsp3) is 0.292. The summed E-state index contributed by atoms with van der Waals surface area (Å²) in [6.45, 7) is 3.71. The molecule has 1 aliphatic heterocycles. The third-order valence-corrected chi connectivity index (χ3v) is 5.90. The molecule has 1 N–H and O–H groups in total. The molecule has 3 aromatic rings. The van der Waals surface area contributed by atoms with Crippen LogP contribution in [0.1, 0.15) is 25.3 Å². The Morgan fingerprint density at radius 2 is 2.09 bits per heavy atom. The Labute approximate surface area is 190 Å². The Morgan fingerprint density at radius 3 is 2.78 bits per heavy atom. The van der Waals surface area contributed by atoms with Crippen molar-refractivity contribution in [2.75, 3.05) is 29.9 Å². The fourth-order valence-electron chi connectivity index (χ4n) is 4.02. The van der Waals surface area contributed by atoms with Crippen molar-refractivity contribution in [3.63, 3.8) is 0 Å². The van der Waals surface area contributed by atoms with E-state index in [-0.39, 0.29) is 16.8 Å². The van der Waals surface area contributed by atoms with Gasteiger partial charge in [0.05, 0.1) is 28.4 Å². The van der Waals surface area contributed by atoms with Gasteiger partial charge in [0.2, 0.25) is 5.91 Å². The Kier molecular flexibility index (Phi) is 6.42. The summed E-state index contributed by atoms with van der Waals surface area (Å²) in [6.07, 6.45) is 2.84. The molecule has 164 valence electrons. The molecule has 1 fully saturated rings. The zero-order valence-corrected chi connectivity index (χ0v) is 18.3. The number of benzene rings is 2. The molecule has 1 saturated heterocycles. The van der Waals surface area contributed by atoms with Gasteiger partial charge in [0.1, 0.15) is 17.6 Å². The van der Waals surface area contributed by atoms with Crippen molar-refractivity contribution in [2.24, 2.45) is 5.92 Å². The van der Waals surface area contributed by atoms with Crippen molar-refractivity contribution in [3.8, 4) is 11.8 Å². The van der Waals surface area contributed by atoms with Crippen molar-refractivity contribution in [1.29, 1.82) is 5.26 Å². The Hall–Kier alpha value is -3.37. The normalized spacial score (nSPS) is 14.2. The van der Waals surface area contributed by atoms with Crippen LogP contribution >= 0.6 is 11.6 Å². The number of carbonyl (C=O) groups is 1. The molecule has 0 bridgehead atoms. The highest BCUT2D eigenvalue weighted by Gasteiger charge is 2.27. The second-order valence-corrected chi connectivity index (χ2v) is 8.03. The first-order valence-corrected chi connectivity index (χ1v) is 10.8. The summed E-state index contributed by atoms with van der Waals surface area (Å²) in [7, 11) is 0. The number of nitriles is 1. The number of hydrogen-bond acceptors (Lipinski definition) is 5. The van der Waals surface area contributed by atoms with E-state index < -0.39 is 5.82 Å². The van der Waals surface area contributed by atoms with Crippen LogP contribution in [-0.2, 0) is 4.79 Å². The van der Waals surface area contributed by atoms with Crippen LogP contribution < -0.4 is 15.0 Å². The quantitative estimate of drug-likeness (QED) is 0.579. The minimum absolute atomic E-state index is 0.0300. The predicted octanol–water partition coefficient (Wildman–Crippen LogP) is 5.15. The summed E-state index contributed by atoms with van der Waals surface area (Å²) in [5, 5.41) is 13.3. The first-order valence-electron chi connectivity index (χ1n) is 10.5. The van der Waals surface area contributed by atoms with Gasteiger partial charge in [-0.3, -0.25) is 9.78 Å². The number of carbonyl (C=O) groups excluding carboxylic acids is 1. The van der Waals surface area contributed by atoms with E-state index in [2.05, 4.69) is 21.3 Å². The number of aromatic nitrogens is 1. The van der Waals surface area contributed by atoms with Gasteiger partial charge in [-0.25, -0.2) is 4.39 Å². The van der Waals surface area contributed by atoms with E-state index in [1.165, 1.54) is 18.2 Å². The van der Waals surface area contributed by atoms with Gasteiger partial charge in [0.15, 0.2) is 0 Å². The van der Waals surface area contributed by atoms with Gasteiger partial charge >= 0.3 is 0 Å². The van der Waals surface area contributed by atoms with E-state index in [0.29, 0.717) is 43.8 Å². The Bertz CT molecular complexity index is 1200. The van der Waals surface area contributed by atoms with Crippen LogP contribution in [0.2, 0.25) is 5.02 Å². The lowest BCUT2D eigenvalue weighted by atomic mass is 9.94. The van der Waals surface area contributed by atoms with E-state index in [1.807, 2.05) is 25.1 Å². The number of hydrogen-bond donors (Lipinski definition) is 1. The molecule has 0 saturated carbocycles. The smallest absolute Gasteiger partial charge is 0.227 e. The molecule has 2 aromatic carbocycles. The number of rotatable bonds is 5. The molecular formula is C24H22ClFN4O2. The van der Waals surface area contributed by atoms with Gasteiger partial charge in [0, 0.05) is 36.3 Å². The van der Waals surface area contributed by atoms with E-state index in [1.54, 1.807) is 6.20 Å². The predicted molar refractivity (Wildman–Crippen MR) is 123 cm³/mol. The summed E-state index contributed by atoms with van der Waals surface area (Å²) in [6, 6.07) is 12.0. The number of halogens is 2.